The van der Waals surface area contributed by atoms with Crippen LogP contribution in [0.15, 0.2) is 18.2 Å². The van der Waals surface area contributed by atoms with E-state index in [0.29, 0.717) is 24.2 Å². The highest BCUT2D eigenvalue weighted by atomic mass is 32.2. The smallest absolute Gasteiger partial charge is 0.254 e. The highest BCUT2D eigenvalue weighted by Crippen LogP contribution is 2.21. The second-order valence-electron chi connectivity index (χ2n) is 5.22. The lowest BCUT2D eigenvalue weighted by Gasteiger charge is -2.27. The maximum atomic E-state index is 12.5. The molecule has 1 heterocycles. The van der Waals surface area contributed by atoms with Gasteiger partial charge in [-0.25, -0.2) is 8.42 Å². The van der Waals surface area contributed by atoms with Gasteiger partial charge in [-0.05, 0) is 44.0 Å². The van der Waals surface area contributed by atoms with Crippen LogP contribution in [0.25, 0.3) is 0 Å². The molecule has 5 nitrogen and oxygen atoms in total. The summed E-state index contributed by atoms with van der Waals surface area (Å²) in [4.78, 5) is 14.2. The van der Waals surface area contributed by atoms with Crippen LogP contribution in [0.2, 0.25) is 0 Å². The molecule has 1 amide bonds. The van der Waals surface area contributed by atoms with Gasteiger partial charge in [-0.15, -0.1) is 0 Å². The van der Waals surface area contributed by atoms with Crippen LogP contribution in [0.3, 0.4) is 0 Å². The van der Waals surface area contributed by atoms with Crippen molar-refractivity contribution in [3.8, 4) is 0 Å². The Morgan fingerprint density at radius 3 is 2.65 bits per heavy atom. The fourth-order valence-corrected chi connectivity index (χ4v) is 4.29. The van der Waals surface area contributed by atoms with Crippen molar-refractivity contribution < 1.29 is 13.2 Å². The lowest BCUT2D eigenvalue weighted by Crippen LogP contribution is -2.41. The minimum Gasteiger partial charge on any atom is -0.399 e. The lowest BCUT2D eigenvalue weighted by atomic mass is 10.1. The SMILES string of the molecule is CCN(C(=O)c1ccc(N)c(C)c1)C1CCS(=O)(=O)C1. The zero-order chi connectivity index (χ0) is 14.9. The fraction of sp³-hybridized carbons (Fsp3) is 0.500. The third kappa shape index (κ3) is 2.95. The summed E-state index contributed by atoms with van der Waals surface area (Å²) >= 11 is 0. The fourth-order valence-electron chi connectivity index (χ4n) is 2.56. The topological polar surface area (TPSA) is 80.5 Å². The minimum absolute atomic E-state index is 0.0700. The van der Waals surface area contributed by atoms with Gasteiger partial charge < -0.3 is 10.6 Å². The van der Waals surface area contributed by atoms with E-state index in [0.717, 1.165) is 5.56 Å². The summed E-state index contributed by atoms with van der Waals surface area (Å²) < 4.78 is 23.1. The summed E-state index contributed by atoms with van der Waals surface area (Å²) in [6.45, 7) is 4.22. The van der Waals surface area contributed by atoms with Crippen molar-refractivity contribution in [2.24, 2.45) is 0 Å². The molecule has 1 aromatic rings. The summed E-state index contributed by atoms with van der Waals surface area (Å²) in [5.41, 5.74) is 7.81. The Kier molecular flexibility index (Phi) is 4.04. The van der Waals surface area contributed by atoms with Gasteiger partial charge in [0.15, 0.2) is 9.84 Å². The number of nitrogens with zero attached hydrogens (tertiary/aromatic N) is 1. The van der Waals surface area contributed by atoms with Gasteiger partial charge in [-0.3, -0.25) is 4.79 Å². The van der Waals surface area contributed by atoms with Crippen molar-refractivity contribution in [1.82, 2.24) is 4.90 Å². The Hall–Kier alpha value is -1.56. The number of carbonyl (C=O) groups excluding carboxylic acids is 1. The molecule has 0 bridgehead atoms. The van der Waals surface area contributed by atoms with Crippen LogP contribution in [0.1, 0.15) is 29.3 Å². The number of rotatable bonds is 3. The zero-order valence-electron chi connectivity index (χ0n) is 11.8. The maximum absolute atomic E-state index is 12.5. The molecule has 6 heteroatoms. The molecule has 0 aromatic heterocycles. The van der Waals surface area contributed by atoms with Crippen molar-refractivity contribution in [2.75, 3.05) is 23.8 Å². The zero-order valence-corrected chi connectivity index (χ0v) is 12.6. The van der Waals surface area contributed by atoms with E-state index in [1.54, 1.807) is 23.1 Å². The lowest BCUT2D eigenvalue weighted by molar-refractivity contribution is 0.0708. The third-order valence-electron chi connectivity index (χ3n) is 3.77. The van der Waals surface area contributed by atoms with Gasteiger partial charge in [0, 0.05) is 23.8 Å². The van der Waals surface area contributed by atoms with E-state index in [1.807, 2.05) is 13.8 Å². The molecule has 0 saturated carbocycles. The molecule has 1 aromatic carbocycles. The van der Waals surface area contributed by atoms with Gasteiger partial charge in [-0.2, -0.15) is 0 Å². The van der Waals surface area contributed by atoms with Crippen LogP contribution in [0, 0.1) is 6.92 Å². The molecular formula is C14H20N2O3S. The number of aryl methyl sites for hydroxylation is 1. The van der Waals surface area contributed by atoms with Crippen LogP contribution in [-0.4, -0.2) is 43.3 Å². The Morgan fingerprint density at radius 1 is 1.45 bits per heavy atom. The van der Waals surface area contributed by atoms with Crippen molar-refractivity contribution in [3.05, 3.63) is 29.3 Å². The molecule has 110 valence electrons. The molecule has 1 aliphatic rings. The molecule has 2 rings (SSSR count). The van der Waals surface area contributed by atoms with Gasteiger partial charge in [0.05, 0.1) is 11.5 Å². The van der Waals surface area contributed by atoms with E-state index in [1.165, 1.54) is 0 Å². The molecule has 20 heavy (non-hydrogen) atoms. The predicted molar refractivity (Wildman–Crippen MR) is 79.4 cm³/mol. The number of anilines is 1. The normalized spacial score (nSPS) is 20.8. The van der Waals surface area contributed by atoms with Crippen molar-refractivity contribution in [1.29, 1.82) is 0 Å². The molecule has 2 N–H and O–H groups in total. The molecule has 1 aliphatic heterocycles. The van der Waals surface area contributed by atoms with Gasteiger partial charge in [0.25, 0.3) is 5.91 Å². The van der Waals surface area contributed by atoms with Crippen LogP contribution in [0.5, 0.6) is 0 Å². The number of nitrogen functional groups attached to an aromatic ring is 1. The molecule has 1 unspecified atom stereocenters. The summed E-state index contributed by atoms with van der Waals surface area (Å²) in [6, 6.07) is 4.94. The summed E-state index contributed by atoms with van der Waals surface area (Å²) in [6.07, 6.45) is 0.524. The van der Waals surface area contributed by atoms with Gasteiger partial charge in [0.2, 0.25) is 0 Å². The van der Waals surface area contributed by atoms with Crippen LogP contribution >= 0.6 is 0 Å². The second-order valence-corrected chi connectivity index (χ2v) is 7.45. The first-order valence-corrected chi connectivity index (χ1v) is 8.53. The molecule has 1 saturated heterocycles. The number of hydrogen-bond donors (Lipinski definition) is 1. The van der Waals surface area contributed by atoms with Crippen molar-refractivity contribution in [2.45, 2.75) is 26.3 Å². The number of carbonyl (C=O) groups is 1. The standard InChI is InChI=1S/C14H20N2O3S/c1-3-16(12-6-7-20(18,19)9-12)14(17)11-4-5-13(15)10(2)8-11/h4-5,8,12H,3,6-7,9,15H2,1-2H3. The van der Waals surface area contributed by atoms with Crippen LogP contribution < -0.4 is 5.73 Å². The average molecular weight is 296 g/mol. The van der Waals surface area contributed by atoms with Crippen molar-refractivity contribution in [3.63, 3.8) is 0 Å². The van der Waals surface area contributed by atoms with Crippen LogP contribution in [-0.2, 0) is 9.84 Å². The Morgan fingerprint density at radius 2 is 2.15 bits per heavy atom. The Balaban J connectivity index is 2.23. The van der Waals surface area contributed by atoms with E-state index >= 15 is 0 Å². The van der Waals surface area contributed by atoms with E-state index < -0.39 is 9.84 Å². The largest absolute Gasteiger partial charge is 0.399 e. The van der Waals surface area contributed by atoms with E-state index in [-0.39, 0.29) is 23.5 Å². The monoisotopic (exact) mass is 296 g/mol. The minimum atomic E-state index is -3.00. The molecule has 0 spiro atoms. The first-order chi connectivity index (χ1) is 9.34. The summed E-state index contributed by atoms with van der Waals surface area (Å²) in [7, 11) is -3.00. The maximum Gasteiger partial charge on any atom is 0.254 e. The molecule has 0 radical (unpaired) electrons. The third-order valence-corrected chi connectivity index (χ3v) is 5.52. The number of hydrogen-bond acceptors (Lipinski definition) is 4. The Labute approximate surface area is 119 Å². The Bertz CT molecular complexity index is 625. The number of nitrogens with two attached hydrogens (primary N) is 1. The van der Waals surface area contributed by atoms with Gasteiger partial charge >= 0.3 is 0 Å². The second kappa shape index (κ2) is 5.44. The highest BCUT2D eigenvalue weighted by molar-refractivity contribution is 7.91. The van der Waals surface area contributed by atoms with Crippen molar-refractivity contribution >= 4 is 21.4 Å². The molecule has 1 atom stereocenters. The quantitative estimate of drug-likeness (QED) is 0.851. The summed E-state index contributed by atoms with van der Waals surface area (Å²) in [5, 5.41) is 0. The first kappa shape index (κ1) is 14.8. The summed E-state index contributed by atoms with van der Waals surface area (Å²) in [5.74, 6) is 0.112. The molecular weight excluding hydrogens is 276 g/mol. The van der Waals surface area contributed by atoms with Gasteiger partial charge in [0.1, 0.15) is 0 Å². The average Bonchev–Trinajstić information content (AvgIpc) is 2.74. The van der Waals surface area contributed by atoms with E-state index in [2.05, 4.69) is 0 Å². The predicted octanol–water partition coefficient (Wildman–Crippen LogP) is 1.23. The molecule has 1 fully saturated rings. The van der Waals surface area contributed by atoms with E-state index in [9.17, 15) is 13.2 Å². The number of amides is 1. The molecule has 0 aliphatic carbocycles. The number of benzene rings is 1. The van der Waals surface area contributed by atoms with Crippen LogP contribution in [0.4, 0.5) is 5.69 Å². The van der Waals surface area contributed by atoms with Gasteiger partial charge in [-0.1, -0.05) is 0 Å². The first-order valence-electron chi connectivity index (χ1n) is 6.71. The van der Waals surface area contributed by atoms with E-state index in [4.69, 9.17) is 5.73 Å². The number of sulfone groups is 1. The highest BCUT2D eigenvalue weighted by Gasteiger charge is 2.34.